The molecule has 0 aromatic heterocycles. The molecule has 29 heavy (non-hydrogen) atoms. The van der Waals surface area contributed by atoms with E-state index in [-0.39, 0.29) is 29.9 Å². The molecule has 5 nitrogen and oxygen atoms in total. The van der Waals surface area contributed by atoms with Crippen LogP contribution in [0.4, 0.5) is 5.69 Å². The van der Waals surface area contributed by atoms with Crippen molar-refractivity contribution in [2.45, 2.75) is 70.9 Å². The highest BCUT2D eigenvalue weighted by atomic mass is 16.2. The Hall–Kier alpha value is -1.88. The fraction of sp³-hybridized carbons (Fsp3) is 0.667. The number of nitrogens with zero attached hydrogens (tertiary/aromatic N) is 1. The van der Waals surface area contributed by atoms with E-state index in [1.807, 2.05) is 50.9 Å². The largest absolute Gasteiger partial charge is 0.349 e. The van der Waals surface area contributed by atoms with Crippen LogP contribution in [-0.4, -0.2) is 41.9 Å². The predicted octanol–water partition coefficient (Wildman–Crippen LogP) is 3.65. The number of benzene rings is 1. The van der Waals surface area contributed by atoms with Gasteiger partial charge < -0.3 is 10.6 Å². The standard InChI is InChI=1S/C24H35N3O2/c1-15-6-5-7-21(16(15)2)25-22(28)14-27(4)17(3)23(29)26-24-11-18-8-19(12-24)10-20(9-18)13-24/h5-7,17-20H,8-14H2,1-4H3,(H,25,28)(H,26,29). The lowest BCUT2D eigenvalue weighted by Gasteiger charge is -2.57. The Morgan fingerprint density at radius 2 is 1.69 bits per heavy atom. The topological polar surface area (TPSA) is 61.4 Å². The number of carbonyl (C=O) groups excluding carboxylic acids is 2. The number of likely N-dealkylation sites (N-methyl/N-ethyl adjacent to an activating group) is 1. The summed E-state index contributed by atoms with van der Waals surface area (Å²) < 4.78 is 0. The second-order valence-corrected chi connectivity index (χ2v) is 10.1. The average molecular weight is 398 g/mol. The van der Waals surface area contributed by atoms with Gasteiger partial charge in [0.25, 0.3) is 0 Å². The number of hydrogen-bond donors (Lipinski definition) is 2. The fourth-order valence-electron chi connectivity index (χ4n) is 6.27. The number of hydrogen-bond acceptors (Lipinski definition) is 3. The summed E-state index contributed by atoms with van der Waals surface area (Å²) >= 11 is 0. The fourth-order valence-corrected chi connectivity index (χ4v) is 6.27. The van der Waals surface area contributed by atoms with E-state index in [0.29, 0.717) is 0 Å². The molecule has 2 N–H and O–H groups in total. The maximum atomic E-state index is 13.0. The zero-order valence-electron chi connectivity index (χ0n) is 18.3. The summed E-state index contributed by atoms with van der Waals surface area (Å²) in [5.74, 6) is 2.39. The quantitative estimate of drug-likeness (QED) is 0.770. The highest BCUT2D eigenvalue weighted by molar-refractivity contribution is 5.93. The van der Waals surface area contributed by atoms with Crippen molar-refractivity contribution in [2.24, 2.45) is 17.8 Å². The maximum absolute atomic E-state index is 13.0. The van der Waals surface area contributed by atoms with E-state index in [0.717, 1.165) is 53.8 Å². The molecular formula is C24H35N3O2. The summed E-state index contributed by atoms with van der Waals surface area (Å²) in [5, 5.41) is 6.42. The van der Waals surface area contributed by atoms with Crippen LogP contribution in [0.5, 0.6) is 0 Å². The lowest BCUT2D eigenvalue weighted by atomic mass is 9.53. The molecule has 5 rings (SSSR count). The van der Waals surface area contributed by atoms with Crippen LogP contribution in [0.25, 0.3) is 0 Å². The highest BCUT2D eigenvalue weighted by Gasteiger charge is 2.51. The van der Waals surface area contributed by atoms with Crippen LogP contribution in [0.3, 0.4) is 0 Å². The molecule has 1 unspecified atom stereocenters. The van der Waals surface area contributed by atoms with Gasteiger partial charge in [0.15, 0.2) is 0 Å². The van der Waals surface area contributed by atoms with Crippen molar-refractivity contribution in [2.75, 3.05) is 18.9 Å². The minimum absolute atomic E-state index is 0.0157. The third-order valence-corrected chi connectivity index (χ3v) is 7.74. The van der Waals surface area contributed by atoms with Crippen molar-refractivity contribution < 1.29 is 9.59 Å². The molecule has 0 aliphatic heterocycles. The van der Waals surface area contributed by atoms with Gasteiger partial charge in [-0.3, -0.25) is 14.5 Å². The molecular weight excluding hydrogens is 362 g/mol. The monoisotopic (exact) mass is 397 g/mol. The molecule has 5 heteroatoms. The third-order valence-electron chi connectivity index (χ3n) is 7.74. The Labute approximate surface area is 174 Å². The van der Waals surface area contributed by atoms with Crippen LogP contribution in [0.15, 0.2) is 18.2 Å². The van der Waals surface area contributed by atoms with Crippen molar-refractivity contribution in [1.29, 1.82) is 0 Å². The second-order valence-electron chi connectivity index (χ2n) is 10.1. The molecule has 2 amide bonds. The Bertz CT molecular complexity index is 768. The Morgan fingerprint density at radius 1 is 1.10 bits per heavy atom. The first-order valence-electron chi connectivity index (χ1n) is 11.1. The van der Waals surface area contributed by atoms with E-state index >= 15 is 0 Å². The van der Waals surface area contributed by atoms with Crippen molar-refractivity contribution >= 4 is 17.5 Å². The van der Waals surface area contributed by atoms with Crippen molar-refractivity contribution in [3.05, 3.63) is 29.3 Å². The molecule has 0 spiro atoms. The number of amides is 2. The van der Waals surface area contributed by atoms with Crippen molar-refractivity contribution in [3.63, 3.8) is 0 Å². The van der Waals surface area contributed by atoms with E-state index in [4.69, 9.17) is 0 Å². The van der Waals surface area contributed by atoms with Crippen LogP contribution < -0.4 is 10.6 Å². The Kier molecular flexibility index (Phi) is 5.45. The SMILES string of the molecule is Cc1cccc(NC(=O)CN(C)C(C)C(=O)NC23CC4CC(CC(C4)C2)C3)c1C. The molecule has 0 heterocycles. The van der Waals surface area contributed by atoms with Gasteiger partial charge in [-0.25, -0.2) is 0 Å². The van der Waals surface area contributed by atoms with Gasteiger partial charge in [-0.1, -0.05) is 12.1 Å². The molecule has 1 aromatic rings. The first-order chi connectivity index (χ1) is 13.7. The molecule has 1 aromatic carbocycles. The number of rotatable bonds is 6. The highest BCUT2D eigenvalue weighted by Crippen LogP contribution is 2.55. The summed E-state index contributed by atoms with van der Waals surface area (Å²) in [7, 11) is 1.85. The summed E-state index contributed by atoms with van der Waals surface area (Å²) in [5.41, 5.74) is 3.09. The van der Waals surface area contributed by atoms with Crippen LogP contribution in [-0.2, 0) is 9.59 Å². The van der Waals surface area contributed by atoms with Gasteiger partial charge in [0, 0.05) is 11.2 Å². The lowest BCUT2D eigenvalue weighted by molar-refractivity contribution is -0.131. The summed E-state index contributed by atoms with van der Waals surface area (Å²) in [6.07, 6.45) is 7.53. The van der Waals surface area contributed by atoms with Gasteiger partial charge in [0.1, 0.15) is 0 Å². The summed E-state index contributed by atoms with van der Waals surface area (Å²) in [4.78, 5) is 27.4. The number of anilines is 1. The summed E-state index contributed by atoms with van der Waals surface area (Å²) in [6.45, 7) is 6.15. The smallest absolute Gasteiger partial charge is 0.238 e. The molecule has 4 saturated carbocycles. The second kappa shape index (κ2) is 7.75. The lowest BCUT2D eigenvalue weighted by Crippen LogP contribution is -2.62. The molecule has 4 fully saturated rings. The van der Waals surface area contributed by atoms with Gasteiger partial charge in [-0.05, 0) is 101 Å². The molecule has 0 saturated heterocycles. The van der Waals surface area contributed by atoms with E-state index in [1.165, 1.54) is 19.3 Å². The first-order valence-corrected chi connectivity index (χ1v) is 11.1. The average Bonchev–Trinajstić information content (AvgIpc) is 2.63. The minimum atomic E-state index is -0.327. The minimum Gasteiger partial charge on any atom is -0.349 e. The van der Waals surface area contributed by atoms with Crippen LogP contribution in [0, 0.1) is 31.6 Å². The normalized spacial score (nSPS) is 31.0. The van der Waals surface area contributed by atoms with Crippen LogP contribution in [0.1, 0.15) is 56.6 Å². The van der Waals surface area contributed by atoms with E-state index in [2.05, 4.69) is 10.6 Å². The van der Waals surface area contributed by atoms with Gasteiger partial charge in [-0.2, -0.15) is 0 Å². The van der Waals surface area contributed by atoms with Crippen LogP contribution >= 0.6 is 0 Å². The number of carbonyl (C=O) groups is 2. The molecule has 4 aliphatic carbocycles. The van der Waals surface area contributed by atoms with Crippen molar-refractivity contribution in [1.82, 2.24) is 10.2 Å². The molecule has 4 aliphatic rings. The molecule has 4 bridgehead atoms. The van der Waals surface area contributed by atoms with E-state index < -0.39 is 0 Å². The Morgan fingerprint density at radius 3 is 2.28 bits per heavy atom. The van der Waals surface area contributed by atoms with Gasteiger partial charge in [-0.15, -0.1) is 0 Å². The first kappa shape index (κ1) is 20.4. The predicted molar refractivity (Wildman–Crippen MR) is 116 cm³/mol. The van der Waals surface area contributed by atoms with Gasteiger partial charge in [0.2, 0.25) is 11.8 Å². The van der Waals surface area contributed by atoms with Crippen LogP contribution in [0.2, 0.25) is 0 Å². The van der Waals surface area contributed by atoms with Gasteiger partial charge in [0.05, 0.1) is 12.6 Å². The molecule has 0 radical (unpaired) electrons. The van der Waals surface area contributed by atoms with Crippen molar-refractivity contribution in [3.8, 4) is 0 Å². The van der Waals surface area contributed by atoms with E-state index in [1.54, 1.807) is 0 Å². The third kappa shape index (κ3) is 4.20. The number of aryl methyl sites for hydroxylation is 1. The maximum Gasteiger partial charge on any atom is 0.238 e. The number of nitrogens with one attached hydrogen (secondary N) is 2. The Balaban J connectivity index is 1.33. The molecule has 158 valence electrons. The van der Waals surface area contributed by atoms with Gasteiger partial charge >= 0.3 is 0 Å². The van der Waals surface area contributed by atoms with E-state index in [9.17, 15) is 9.59 Å². The summed E-state index contributed by atoms with van der Waals surface area (Å²) in [6, 6.07) is 5.58. The zero-order valence-corrected chi connectivity index (χ0v) is 18.3. The zero-order chi connectivity index (χ0) is 20.8. The molecule has 1 atom stereocenters.